The van der Waals surface area contributed by atoms with Gasteiger partial charge in [0, 0.05) is 0 Å². The number of halogens is 1. The van der Waals surface area contributed by atoms with Crippen molar-refractivity contribution in [3.63, 3.8) is 0 Å². The average Bonchev–Trinajstić information content (AvgIpc) is 2.14. The number of hydrogen-bond donors (Lipinski definition) is 0. The lowest BCUT2D eigenvalue weighted by Gasteiger charge is -2.06. The van der Waals surface area contributed by atoms with Gasteiger partial charge < -0.3 is 0 Å². The molecule has 0 aliphatic heterocycles. The Kier molecular flexibility index (Phi) is 3.17. The van der Waals surface area contributed by atoms with Crippen molar-refractivity contribution >= 4 is 23.0 Å². The van der Waals surface area contributed by atoms with E-state index in [2.05, 4.69) is 15.0 Å². The van der Waals surface area contributed by atoms with Crippen LogP contribution in [-0.2, 0) is 0 Å². The molecule has 5 heteroatoms. The summed E-state index contributed by atoms with van der Waals surface area (Å²) < 4.78 is 0. The fourth-order valence-corrected chi connectivity index (χ4v) is 1.16. The van der Waals surface area contributed by atoms with E-state index in [1.54, 1.807) is 19.2 Å². The van der Waals surface area contributed by atoms with Crippen LogP contribution in [0.3, 0.4) is 0 Å². The summed E-state index contributed by atoms with van der Waals surface area (Å²) in [6.45, 7) is 8.36. The van der Waals surface area contributed by atoms with Crippen LogP contribution in [0.25, 0.3) is 4.95 Å². The van der Waals surface area contributed by atoms with Crippen LogP contribution in [0.15, 0.2) is 32.9 Å². The number of rotatable bonds is 0. The lowest BCUT2D eigenvalue weighted by atomic mass is 10.0. The molecule has 0 bridgehead atoms. The molecule has 0 amide bonds. The molecule has 0 spiro atoms. The minimum Gasteiger partial charge on any atom is -0.181 e. The third kappa shape index (κ3) is 2.07. The van der Waals surface area contributed by atoms with Gasteiger partial charge in [0.2, 0.25) is 6.19 Å². The monoisotopic (exact) mass is 204 g/mol. The SMILES string of the molecule is [C-]#[N+]N=C1C=C(Cl)C(=NC#N)C=C1C. The van der Waals surface area contributed by atoms with Gasteiger partial charge in [-0.15, -0.1) is 4.95 Å². The molecule has 0 aromatic carbocycles. The Morgan fingerprint density at radius 2 is 2.21 bits per heavy atom. The Balaban J connectivity index is 3.17. The largest absolute Gasteiger partial charge is 0.206 e. The Morgan fingerprint density at radius 1 is 1.50 bits per heavy atom. The van der Waals surface area contributed by atoms with E-state index in [9.17, 15) is 0 Å². The smallest absolute Gasteiger partial charge is 0.181 e. The van der Waals surface area contributed by atoms with Gasteiger partial charge >= 0.3 is 0 Å². The highest BCUT2D eigenvalue weighted by Gasteiger charge is 2.14. The van der Waals surface area contributed by atoms with Gasteiger partial charge in [-0.05, 0) is 24.6 Å². The summed E-state index contributed by atoms with van der Waals surface area (Å²) >= 11 is 5.81. The van der Waals surface area contributed by atoms with Crippen LogP contribution < -0.4 is 0 Å². The summed E-state index contributed by atoms with van der Waals surface area (Å²) in [6.07, 6.45) is 4.79. The minimum atomic E-state index is 0.319. The molecule has 0 N–H and O–H groups in total. The number of hydrogen-bond acceptors (Lipinski definition) is 3. The molecule has 1 aliphatic carbocycles. The minimum absolute atomic E-state index is 0.319. The van der Waals surface area contributed by atoms with Gasteiger partial charge in [0.05, 0.1) is 15.8 Å². The van der Waals surface area contributed by atoms with Crippen LogP contribution in [0.2, 0.25) is 0 Å². The first-order valence-electron chi connectivity index (χ1n) is 3.66. The molecular formula is C9H5ClN4. The fourth-order valence-electron chi connectivity index (χ4n) is 0.957. The zero-order valence-electron chi connectivity index (χ0n) is 7.32. The molecule has 0 fully saturated rings. The zero-order chi connectivity index (χ0) is 10.6. The van der Waals surface area contributed by atoms with Gasteiger partial charge in [0.25, 0.3) is 0 Å². The first kappa shape index (κ1) is 10.2. The molecule has 0 aromatic heterocycles. The highest BCUT2D eigenvalue weighted by molar-refractivity contribution is 6.48. The Labute approximate surface area is 86.3 Å². The average molecular weight is 205 g/mol. The standard InChI is InChI=1S/C9H5ClN4/c1-6-3-9(13-5-11)7(10)4-8(6)14-12-2/h3-4H,1H3. The van der Waals surface area contributed by atoms with E-state index in [0.717, 1.165) is 5.57 Å². The number of nitrogens with zero attached hydrogens (tertiary/aromatic N) is 4. The third-order valence-corrected chi connectivity index (χ3v) is 1.90. The molecule has 14 heavy (non-hydrogen) atoms. The van der Waals surface area contributed by atoms with Crippen LogP contribution >= 0.6 is 11.6 Å². The van der Waals surface area contributed by atoms with E-state index >= 15 is 0 Å². The highest BCUT2D eigenvalue weighted by atomic mass is 35.5. The second-order valence-corrected chi connectivity index (χ2v) is 2.91. The summed E-state index contributed by atoms with van der Waals surface area (Å²) in [5.74, 6) is 0. The zero-order valence-corrected chi connectivity index (χ0v) is 8.08. The summed E-state index contributed by atoms with van der Waals surface area (Å²) in [7, 11) is 0. The maximum absolute atomic E-state index is 8.36. The molecule has 0 radical (unpaired) electrons. The number of aliphatic imine (C=N–C) groups is 1. The van der Waals surface area contributed by atoms with E-state index in [4.69, 9.17) is 23.4 Å². The lowest BCUT2D eigenvalue weighted by Crippen LogP contribution is -2.08. The van der Waals surface area contributed by atoms with Crippen molar-refractivity contribution in [2.45, 2.75) is 6.92 Å². The molecule has 1 rings (SSSR count). The molecular weight excluding hydrogens is 200 g/mol. The molecule has 0 atom stereocenters. The van der Waals surface area contributed by atoms with Crippen molar-refractivity contribution in [3.05, 3.63) is 34.3 Å². The number of nitriles is 1. The lowest BCUT2D eigenvalue weighted by molar-refractivity contribution is 1.43. The van der Waals surface area contributed by atoms with Crippen LogP contribution in [-0.4, -0.2) is 11.4 Å². The molecule has 0 saturated heterocycles. The van der Waals surface area contributed by atoms with Crippen molar-refractivity contribution < 1.29 is 0 Å². The predicted molar refractivity (Wildman–Crippen MR) is 54.8 cm³/mol. The van der Waals surface area contributed by atoms with Crippen LogP contribution in [0.4, 0.5) is 0 Å². The Morgan fingerprint density at radius 3 is 2.79 bits per heavy atom. The maximum Gasteiger partial charge on any atom is 0.206 e. The molecule has 0 unspecified atom stereocenters. The van der Waals surface area contributed by atoms with Crippen molar-refractivity contribution in [1.29, 1.82) is 5.26 Å². The summed E-state index contributed by atoms with van der Waals surface area (Å²) in [5.41, 5.74) is 1.66. The summed E-state index contributed by atoms with van der Waals surface area (Å²) in [6, 6.07) is 0. The molecule has 1 aliphatic rings. The van der Waals surface area contributed by atoms with Crippen molar-refractivity contribution in [2.24, 2.45) is 10.1 Å². The van der Waals surface area contributed by atoms with E-state index in [1.807, 2.05) is 0 Å². The van der Waals surface area contributed by atoms with Crippen molar-refractivity contribution in [1.82, 2.24) is 0 Å². The normalized spacial score (nSPS) is 21.1. The Hall–Kier alpha value is -1.91. The van der Waals surface area contributed by atoms with Crippen LogP contribution in [0.5, 0.6) is 0 Å². The first-order chi connectivity index (χ1) is 6.69. The highest BCUT2D eigenvalue weighted by Crippen LogP contribution is 2.16. The van der Waals surface area contributed by atoms with Gasteiger partial charge in [-0.1, -0.05) is 11.6 Å². The third-order valence-electron chi connectivity index (χ3n) is 1.59. The first-order valence-corrected chi connectivity index (χ1v) is 4.04. The van der Waals surface area contributed by atoms with Crippen LogP contribution in [0.1, 0.15) is 6.92 Å². The molecule has 4 nitrogen and oxygen atoms in total. The topological polar surface area (TPSA) is 52.9 Å². The fraction of sp³-hybridized carbons (Fsp3) is 0.111. The van der Waals surface area contributed by atoms with Gasteiger partial charge in [-0.25, -0.2) is 0 Å². The van der Waals surface area contributed by atoms with E-state index < -0.39 is 0 Å². The summed E-state index contributed by atoms with van der Waals surface area (Å²) in [4.78, 5) is 6.43. The van der Waals surface area contributed by atoms with Crippen molar-refractivity contribution in [2.75, 3.05) is 0 Å². The second-order valence-electron chi connectivity index (χ2n) is 2.50. The van der Waals surface area contributed by atoms with Gasteiger partial charge in [-0.3, -0.25) is 0 Å². The van der Waals surface area contributed by atoms with E-state index in [1.165, 1.54) is 6.08 Å². The van der Waals surface area contributed by atoms with E-state index in [0.29, 0.717) is 16.5 Å². The Bertz CT molecular complexity index is 410. The maximum atomic E-state index is 8.36. The summed E-state index contributed by atoms with van der Waals surface area (Å²) in [5, 5.41) is 12.2. The predicted octanol–water partition coefficient (Wildman–Crippen LogP) is 2.27. The second kappa shape index (κ2) is 4.36. The molecule has 0 aromatic rings. The van der Waals surface area contributed by atoms with Crippen LogP contribution in [0, 0.1) is 18.0 Å². The van der Waals surface area contributed by atoms with Crippen molar-refractivity contribution in [3.8, 4) is 6.19 Å². The number of allylic oxidation sites excluding steroid dienone is 4. The molecule has 68 valence electrons. The van der Waals surface area contributed by atoms with Gasteiger partial charge in [0.15, 0.2) is 5.71 Å². The molecule has 0 saturated carbocycles. The molecule has 0 heterocycles. The van der Waals surface area contributed by atoms with Gasteiger partial charge in [0.1, 0.15) is 0 Å². The quantitative estimate of drug-likeness (QED) is 0.258. The van der Waals surface area contributed by atoms with Gasteiger partial charge in [-0.2, -0.15) is 16.8 Å². The van der Waals surface area contributed by atoms with E-state index in [-0.39, 0.29) is 0 Å².